The summed E-state index contributed by atoms with van der Waals surface area (Å²) >= 11 is 3.06. The number of phenols is 1. The molecule has 1 aromatic rings. The van der Waals surface area contributed by atoms with E-state index in [4.69, 9.17) is 5.11 Å². The van der Waals surface area contributed by atoms with Crippen LogP contribution in [0.5, 0.6) is 5.75 Å². The van der Waals surface area contributed by atoms with Crippen LogP contribution >= 0.6 is 15.9 Å². The molecule has 2 N–H and O–H groups in total. The summed E-state index contributed by atoms with van der Waals surface area (Å²) in [5, 5.41) is 18.0. The quantitative estimate of drug-likeness (QED) is 0.653. The number of hydrogen-bond donors (Lipinski definition) is 2. The third kappa shape index (κ3) is 2.56. The third-order valence-electron chi connectivity index (χ3n) is 1.86. The molecule has 0 fully saturated rings. The zero-order valence-electron chi connectivity index (χ0n) is 7.90. The fraction of sp³-hybridized carbons (Fsp3) is 0.200. The molecule has 4 nitrogen and oxygen atoms in total. The Hall–Kier alpha value is -1.36. The van der Waals surface area contributed by atoms with Crippen LogP contribution in [0.15, 0.2) is 18.2 Å². The van der Waals surface area contributed by atoms with Gasteiger partial charge in [0.2, 0.25) is 0 Å². The van der Waals surface area contributed by atoms with E-state index in [-0.39, 0.29) is 22.7 Å². The molecule has 1 unspecified atom stereocenters. The minimum atomic E-state index is -1.19. The van der Waals surface area contributed by atoms with Gasteiger partial charge in [-0.2, -0.15) is 0 Å². The van der Waals surface area contributed by atoms with E-state index in [0.29, 0.717) is 0 Å². The summed E-state index contributed by atoms with van der Waals surface area (Å²) in [6, 6.07) is 3.60. The van der Waals surface area contributed by atoms with Crippen molar-refractivity contribution in [3.63, 3.8) is 0 Å². The van der Waals surface area contributed by atoms with Gasteiger partial charge in [-0.1, -0.05) is 15.9 Å². The fourth-order valence-corrected chi connectivity index (χ4v) is 1.38. The second kappa shape index (κ2) is 4.44. The van der Waals surface area contributed by atoms with E-state index < -0.39 is 10.8 Å². The highest BCUT2D eigenvalue weighted by molar-refractivity contribution is 9.10. The Kier molecular flexibility index (Phi) is 3.47. The maximum absolute atomic E-state index is 11.6. The second-order valence-electron chi connectivity index (χ2n) is 3.02. The highest BCUT2D eigenvalue weighted by atomic mass is 79.9. The Morgan fingerprint density at radius 2 is 1.93 bits per heavy atom. The standard InChI is InChI=1S/C10H9BrO4/c1-5(11)9(13)8-4-6(12)2-3-7(8)10(14)15/h2-5,12H,1H3,(H,14,15). The van der Waals surface area contributed by atoms with Crippen molar-refractivity contribution in [2.75, 3.05) is 0 Å². The lowest BCUT2D eigenvalue weighted by Crippen LogP contribution is -2.15. The van der Waals surface area contributed by atoms with E-state index in [1.807, 2.05) is 0 Å². The lowest BCUT2D eigenvalue weighted by Gasteiger charge is -2.07. The van der Waals surface area contributed by atoms with Gasteiger partial charge >= 0.3 is 5.97 Å². The molecule has 0 aliphatic rings. The van der Waals surface area contributed by atoms with E-state index in [1.54, 1.807) is 6.92 Å². The Morgan fingerprint density at radius 1 is 1.33 bits per heavy atom. The molecular weight excluding hydrogens is 264 g/mol. The van der Waals surface area contributed by atoms with Gasteiger partial charge < -0.3 is 10.2 Å². The SMILES string of the molecule is CC(Br)C(=O)c1cc(O)ccc1C(=O)O. The van der Waals surface area contributed by atoms with Gasteiger partial charge in [0.05, 0.1) is 10.4 Å². The average molecular weight is 273 g/mol. The van der Waals surface area contributed by atoms with Crippen LogP contribution in [0.4, 0.5) is 0 Å². The maximum atomic E-state index is 11.6. The molecule has 0 aliphatic carbocycles. The number of hydrogen-bond acceptors (Lipinski definition) is 3. The molecule has 1 rings (SSSR count). The molecule has 0 amide bonds. The van der Waals surface area contributed by atoms with Crippen LogP contribution in [-0.4, -0.2) is 26.8 Å². The van der Waals surface area contributed by atoms with Crippen molar-refractivity contribution in [3.8, 4) is 5.75 Å². The van der Waals surface area contributed by atoms with E-state index in [2.05, 4.69) is 15.9 Å². The predicted molar refractivity (Wildman–Crippen MR) is 57.8 cm³/mol. The highest BCUT2D eigenvalue weighted by Gasteiger charge is 2.20. The number of Topliss-reactive ketones (excluding diaryl/α,β-unsaturated/α-hetero) is 1. The molecule has 5 heteroatoms. The Balaban J connectivity index is 3.30. The zero-order valence-corrected chi connectivity index (χ0v) is 9.48. The van der Waals surface area contributed by atoms with Gasteiger partial charge in [0.1, 0.15) is 5.75 Å². The first-order chi connectivity index (χ1) is 6.93. The molecule has 0 bridgehead atoms. The molecule has 0 saturated carbocycles. The van der Waals surface area contributed by atoms with Gasteiger partial charge in [0.25, 0.3) is 0 Å². The first kappa shape index (κ1) is 11.7. The molecule has 0 aliphatic heterocycles. The maximum Gasteiger partial charge on any atom is 0.336 e. The van der Waals surface area contributed by atoms with Crippen molar-refractivity contribution in [2.45, 2.75) is 11.8 Å². The molecule has 0 aromatic heterocycles. The molecule has 0 radical (unpaired) electrons. The number of carboxylic acid groups (broad SMARTS) is 1. The number of aromatic hydroxyl groups is 1. The van der Waals surface area contributed by atoms with E-state index >= 15 is 0 Å². The smallest absolute Gasteiger partial charge is 0.336 e. The summed E-state index contributed by atoms with van der Waals surface area (Å²) in [5.41, 5.74) is -0.101. The fourth-order valence-electron chi connectivity index (χ4n) is 1.14. The number of aromatic carboxylic acids is 1. The van der Waals surface area contributed by atoms with Crippen molar-refractivity contribution in [1.82, 2.24) is 0 Å². The largest absolute Gasteiger partial charge is 0.508 e. The van der Waals surface area contributed by atoms with Crippen molar-refractivity contribution in [1.29, 1.82) is 0 Å². The Bertz CT molecular complexity index is 412. The summed E-state index contributed by atoms with van der Waals surface area (Å²) < 4.78 is 0. The van der Waals surface area contributed by atoms with Gasteiger partial charge in [0, 0.05) is 5.56 Å². The summed E-state index contributed by atoms with van der Waals surface area (Å²) in [6.45, 7) is 1.60. The number of carbonyl (C=O) groups excluding carboxylic acids is 1. The van der Waals surface area contributed by atoms with Crippen LogP contribution in [-0.2, 0) is 0 Å². The molecule has 0 heterocycles. The minimum absolute atomic E-state index is 0.00637. The number of ketones is 1. The summed E-state index contributed by atoms with van der Waals surface area (Å²) in [6.07, 6.45) is 0. The molecule has 0 spiro atoms. The summed E-state index contributed by atoms with van der Waals surface area (Å²) in [7, 11) is 0. The molecule has 1 aromatic carbocycles. The van der Waals surface area contributed by atoms with Crippen molar-refractivity contribution in [2.24, 2.45) is 0 Å². The topological polar surface area (TPSA) is 74.6 Å². The number of benzene rings is 1. The van der Waals surface area contributed by atoms with Gasteiger partial charge in [-0.25, -0.2) is 4.79 Å². The number of alkyl halides is 1. The van der Waals surface area contributed by atoms with Crippen LogP contribution in [0.1, 0.15) is 27.6 Å². The van der Waals surface area contributed by atoms with Crippen LogP contribution in [0.2, 0.25) is 0 Å². The van der Waals surface area contributed by atoms with Crippen LogP contribution < -0.4 is 0 Å². The predicted octanol–water partition coefficient (Wildman–Crippen LogP) is 2.06. The van der Waals surface area contributed by atoms with E-state index in [9.17, 15) is 14.7 Å². The van der Waals surface area contributed by atoms with Crippen molar-refractivity contribution >= 4 is 27.7 Å². The summed E-state index contributed by atoms with van der Waals surface area (Å²) in [4.78, 5) is 21.9. The van der Waals surface area contributed by atoms with Crippen LogP contribution in [0.3, 0.4) is 0 Å². The number of rotatable bonds is 3. The van der Waals surface area contributed by atoms with Crippen molar-refractivity contribution in [3.05, 3.63) is 29.3 Å². The molecular formula is C10H9BrO4. The highest BCUT2D eigenvalue weighted by Crippen LogP contribution is 2.20. The molecule has 1 atom stereocenters. The lowest BCUT2D eigenvalue weighted by molar-refractivity contribution is 0.0692. The van der Waals surface area contributed by atoms with Crippen molar-refractivity contribution < 1.29 is 19.8 Å². The first-order valence-corrected chi connectivity index (χ1v) is 5.09. The number of phenolic OH excluding ortho intramolecular Hbond substituents is 1. The Morgan fingerprint density at radius 3 is 2.40 bits per heavy atom. The normalized spacial score (nSPS) is 12.1. The molecule has 0 saturated heterocycles. The summed E-state index contributed by atoms with van der Waals surface area (Å²) in [5.74, 6) is -1.69. The van der Waals surface area contributed by atoms with E-state index in [0.717, 1.165) is 6.07 Å². The average Bonchev–Trinajstić information content (AvgIpc) is 2.15. The second-order valence-corrected chi connectivity index (χ2v) is 4.39. The van der Waals surface area contributed by atoms with Crippen LogP contribution in [0, 0.1) is 0 Å². The lowest BCUT2D eigenvalue weighted by atomic mass is 10.0. The third-order valence-corrected chi connectivity index (χ3v) is 2.28. The molecule has 80 valence electrons. The van der Waals surface area contributed by atoms with E-state index in [1.165, 1.54) is 12.1 Å². The molecule has 15 heavy (non-hydrogen) atoms. The van der Waals surface area contributed by atoms with Crippen LogP contribution in [0.25, 0.3) is 0 Å². The first-order valence-electron chi connectivity index (χ1n) is 4.18. The monoisotopic (exact) mass is 272 g/mol. The van der Waals surface area contributed by atoms with Gasteiger partial charge in [0.15, 0.2) is 5.78 Å². The van der Waals surface area contributed by atoms with Gasteiger partial charge in [-0.15, -0.1) is 0 Å². The number of carboxylic acids is 1. The van der Waals surface area contributed by atoms with Gasteiger partial charge in [-0.3, -0.25) is 4.79 Å². The number of halogens is 1. The Labute approximate surface area is 94.7 Å². The number of carbonyl (C=O) groups is 2. The minimum Gasteiger partial charge on any atom is -0.508 e. The zero-order chi connectivity index (χ0) is 11.6. The van der Waals surface area contributed by atoms with Gasteiger partial charge in [-0.05, 0) is 25.1 Å².